The number of aryl methyl sites for hydroxylation is 2. The van der Waals surface area contributed by atoms with Crippen LogP contribution in [0, 0.1) is 13.8 Å². The van der Waals surface area contributed by atoms with Gasteiger partial charge in [0, 0.05) is 6.04 Å². The Morgan fingerprint density at radius 3 is 2.65 bits per heavy atom. The van der Waals surface area contributed by atoms with Crippen molar-refractivity contribution in [3.63, 3.8) is 0 Å². The molecule has 0 bridgehead atoms. The molecule has 94 valence electrons. The number of rotatable bonds is 5. The predicted octanol–water partition coefficient (Wildman–Crippen LogP) is 3.15. The zero-order valence-corrected chi connectivity index (χ0v) is 11.3. The van der Waals surface area contributed by atoms with Gasteiger partial charge in [-0.2, -0.15) is 0 Å². The molecule has 0 aliphatic heterocycles. The van der Waals surface area contributed by atoms with Gasteiger partial charge in [-0.3, -0.25) is 4.79 Å². The second kappa shape index (κ2) is 6.43. The van der Waals surface area contributed by atoms with Crippen molar-refractivity contribution < 1.29 is 4.79 Å². The van der Waals surface area contributed by atoms with Crippen LogP contribution in [-0.2, 0) is 11.2 Å². The monoisotopic (exact) mass is 233 g/mol. The zero-order valence-electron chi connectivity index (χ0n) is 11.3. The Morgan fingerprint density at radius 1 is 1.35 bits per heavy atom. The number of nitrogens with one attached hydrogen (secondary N) is 1. The van der Waals surface area contributed by atoms with Crippen LogP contribution in [0.2, 0.25) is 0 Å². The molecule has 1 aromatic rings. The van der Waals surface area contributed by atoms with Gasteiger partial charge in [0.15, 0.2) is 0 Å². The van der Waals surface area contributed by atoms with Gasteiger partial charge in [-0.25, -0.2) is 0 Å². The number of hydrogen-bond donors (Lipinski definition) is 1. The molecule has 1 rings (SSSR count). The molecule has 0 unspecified atom stereocenters. The molecule has 1 amide bonds. The lowest BCUT2D eigenvalue weighted by atomic mass is 10.0. The van der Waals surface area contributed by atoms with Crippen LogP contribution >= 0.6 is 0 Å². The summed E-state index contributed by atoms with van der Waals surface area (Å²) in [7, 11) is 0. The Balaban J connectivity index is 2.56. The van der Waals surface area contributed by atoms with Crippen LogP contribution in [0.4, 0.5) is 0 Å². The highest BCUT2D eigenvalue weighted by molar-refractivity contribution is 5.79. The third-order valence-electron chi connectivity index (χ3n) is 2.98. The number of hydrogen-bond acceptors (Lipinski definition) is 1. The summed E-state index contributed by atoms with van der Waals surface area (Å²) in [5, 5.41) is 3.03. The van der Waals surface area contributed by atoms with Crippen molar-refractivity contribution in [3.05, 3.63) is 34.9 Å². The van der Waals surface area contributed by atoms with Crippen LogP contribution in [0.15, 0.2) is 18.2 Å². The molecule has 0 saturated carbocycles. The van der Waals surface area contributed by atoms with E-state index < -0.39 is 0 Å². The summed E-state index contributed by atoms with van der Waals surface area (Å²) in [6.07, 6.45) is 2.63. The summed E-state index contributed by atoms with van der Waals surface area (Å²) < 4.78 is 0. The first-order valence-electron chi connectivity index (χ1n) is 6.38. The molecule has 1 atom stereocenters. The fraction of sp³-hybridized carbons (Fsp3) is 0.533. The maximum Gasteiger partial charge on any atom is 0.224 e. The summed E-state index contributed by atoms with van der Waals surface area (Å²) >= 11 is 0. The Hall–Kier alpha value is -1.31. The van der Waals surface area contributed by atoms with Gasteiger partial charge >= 0.3 is 0 Å². The van der Waals surface area contributed by atoms with Gasteiger partial charge in [0.1, 0.15) is 0 Å². The Bertz CT molecular complexity index is 385. The van der Waals surface area contributed by atoms with Crippen LogP contribution in [0.3, 0.4) is 0 Å². The van der Waals surface area contributed by atoms with Gasteiger partial charge < -0.3 is 5.32 Å². The minimum Gasteiger partial charge on any atom is -0.353 e. The van der Waals surface area contributed by atoms with E-state index in [-0.39, 0.29) is 11.9 Å². The molecule has 0 aliphatic carbocycles. The molecular weight excluding hydrogens is 210 g/mol. The van der Waals surface area contributed by atoms with E-state index in [4.69, 9.17) is 0 Å². The van der Waals surface area contributed by atoms with Gasteiger partial charge in [-0.1, -0.05) is 37.1 Å². The van der Waals surface area contributed by atoms with Crippen molar-refractivity contribution in [2.45, 2.75) is 53.0 Å². The lowest BCUT2D eigenvalue weighted by Gasteiger charge is -2.13. The number of carbonyl (C=O) groups is 1. The SMILES string of the molecule is CCC[C@H](C)NC(=O)Cc1ccc(C)cc1C. The van der Waals surface area contributed by atoms with E-state index >= 15 is 0 Å². The third-order valence-corrected chi connectivity index (χ3v) is 2.98. The van der Waals surface area contributed by atoms with Crippen molar-refractivity contribution in [1.29, 1.82) is 0 Å². The molecule has 0 fully saturated rings. The topological polar surface area (TPSA) is 29.1 Å². The molecule has 0 radical (unpaired) electrons. The molecule has 1 aromatic carbocycles. The molecule has 0 aliphatic rings. The highest BCUT2D eigenvalue weighted by Crippen LogP contribution is 2.11. The minimum absolute atomic E-state index is 0.123. The Kier molecular flexibility index (Phi) is 5.20. The largest absolute Gasteiger partial charge is 0.353 e. The normalized spacial score (nSPS) is 12.2. The van der Waals surface area contributed by atoms with E-state index in [0.29, 0.717) is 6.42 Å². The van der Waals surface area contributed by atoms with E-state index in [1.165, 1.54) is 11.1 Å². The van der Waals surface area contributed by atoms with E-state index in [1.807, 2.05) is 0 Å². The summed E-state index contributed by atoms with van der Waals surface area (Å²) in [5.74, 6) is 0.123. The van der Waals surface area contributed by atoms with Crippen LogP contribution < -0.4 is 5.32 Å². The van der Waals surface area contributed by atoms with Crippen LogP contribution in [0.25, 0.3) is 0 Å². The first kappa shape index (κ1) is 13.8. The second-order valence-electron chi connectivity index (χ2n) is 4.86. The zero-order chi connectivity index (χ0) is 12.8. The lowest BCUT2D eigenvalue weighted by molar-refractivity contribution is -0.121. The number of carbonyl (C=O) groups excluding carboxylic acids is 1. The second-order valence-corrected chi connectivity index (χ2v) is 4.86. The first-order valence-corrected chi connectivity index (χ1v) is 6.38. The number of benzene rings is 1. The van der Waals surface area contributed by atoms with E-state index in [9.17, 15) is 4.79 Å². The average molecular weight is 233 g/mol. The van der Waals surface area contributed by atoms with Crippen molar-refractivity contribution >= 4 is 5.91 Å². The standard InChI is InChI=1S/C15H23NO/c1-5-6-13(4)16-15(17)10-14-8-7-11(2)9-12(14)3/h7-9,13H,5-6,10H2,1-4H3,(H,16,17)/t13-/m0/s1. The summed E-state index contributed by atoms with van der Waals surface area (Å²) in [5.41, 5.74) is 3.56. The van der Waals surface area contributed by atoms with E-state index in [1.54, 1.807) is 0 Å². The van der Waals surface area contributed by atoms with Crippen LogP contribution in [-0.4, -0.2) is 11.9 Å². The highest BCUT2D eigenvalue weighted by Gasteiger charge is 2.08. The van der Waals surface area contributed by atoms with Crippen molar-refractivity contribution in [2.24, 2.45) is 0 Å². The molecule has 0 saturated heterocycles. The summed E-state index contributed by atoms with van der Waals surface area (Å²) in [4.78, 5) is 11.8. The summed E-state index contributed by atoms with van der Waals surface area (Å²) in [6.45, 7) is 8.32. The van der Waals surface area contributed by atoms with Crippen molar-refractivity contribution in [2.75, 3.05) is 0 Å². The molecule has 1 N–H and O–H groups in total. The fourth-order valence-corrected chi connectivity index (χ4v) is 2.05. The van der Waals surface area contributed by atoms with E-state index in [0.717, 1.165) is 18.4 Å². The molecule has 17 heavy (non-hydrogen) atoms. The molecule has 0 spiro atoms. The fourth-order valence-electron chi connectivity index (χ4n) is 2.05. The van der Waals surface area contributed by atoms with Gasteiger partial charge in [-0.05, 0) is 38.3 Å². The third kappa shape index (κ3) is 4.59. The van der Waals surface area contributed by atoms with Gasteiger partial charge in [0.25, 0.3) is 0 Å². The average Bonchev–Trinajstić information content (AvgIpc) is 2.22. The summed E-state index contributed by atoms with van der Waals surface area (Å²) in [6, 6.07) is 6.51. The number of amides is 1. The van der Waals surface area contributed by atoms with Gasteiger partial charge in [0.2, 0.25) is 5.91 Å². The Morgan fingerprint density at radius 2 is 2.06 bits per heavy atom. The van der Waals surface area contributed by atoms with Crippen LogP contribution in [0.5, 0.6) is 0 Å². The van der Waals surface area contributed by atoms with E-state index in [2.05, 4.69) is 51.2 Å². The molecule has 2 heteroatoms. The van der Waals surface area contributed by atoms with Crippen molar-refractivity contribution in [1.82, 2.24) is 5.32 Å². The lowest BCUT2D eigenvalue weighted by Crippen LogP contribution is -2.33. The maximum absolute atomic E-state index is 11.8. The van der Waals surface area contributed by atoms with Crippen LogP contribution in [0.1, 0.15) is 43.4 Å². The molecule has 0 aromatic heterocycles. The highest BCUT2D eigenvalue weighted by atomic mass is 16.1. The van der Waals surface area contributed by atoms with Gasteiger partial charge in [-0.15, -0.1) is 0 Å². The molecule has 0 heterocycles. The molecular formula is C15H23NO. The smallest absolute Gasteiger partial charge is 0.224 e. The molecule has 2 nitrogen and oxygen atoms in total. The minimum atomic E-state index is 0.123. The quantitative estimate of drug-likeness (QED) is 0.831. The van der Waals surface area contributed by atoms with Crippen molar-refractivity contribution in [3.8, 4) is 0 Å². The maximum atomic E-state index is 11.8. The Labute approximate surface area is 104 Å². The van der Waals surface area contributed by atoms with Gasteiger partial charge in [0.05, 0.1) is 6.42 Å². The predicted molar refractivity (Wildman–Crippen MR) is 72.1 cm³/mol. The first-order chi connectivity index (χ1) is 8.02.